The van der Waals surface area contributed by atoms with Gasteiger partial charge in [0.05, 0.1) is 0 Å². The van der Waals surface area contributed by atoms with Crippen LogP contribution in [0.25, 0.3) is 0 Å². The predicted molar refractivity (Wildman–Crippen MR) is 54.1 cm³/mol. The summed E-state index contributed by atoms with van der Waals surface area (Å²) in [5, 5.41) is 0. The van der Waals surface area contributed by atoms with Crippen molar-refractivity contribution in [1.82, 2.24) is 0 Å². The standard InChI is InChI=1S/2CH3NS2.Te/c2*2-1(3)4;/h2*(H3,2,3,4);/q;;+2/p-2. The molecule has 0 unspecified atom stereocenters. The van der Waals surface area contributed by atoms with Crippen LogP contribution < -0.4 is 11.5 Å². The molecule has 0 aromatic carbocycles. The molecule has 0 heterocycles. The van der Waals surface area contributed by atoms with Crippen molar-refractivity contribution in [3.63, 3.8) is 0 Å². The Morgan fingerprint density at radius 3 is 1.00 bits per heavy atom. The van der Waals surface area contributed by atoms with Crippen LogP contribution in [0.1, 0.15) is 0 Å². The van der Waals surface area contributed by atoms with Crippen molar-refractivity contribution < 1.29 is 0 Å². The minimum atomic E-state index is 0. The van der Waals surface area contributed by atoms with Crippen LogP contribution in [0.15, 0.2) is 0 Å². The normalized spacial score (nSPS) is 5.33. The summed E-state index contributed by atoms with van der Waals surface area (Å²) < 4.78 is 0.167. The van der Waals surface area contributed by atoms with Gasteiger partial charge in [-0.15, -0.1) is 0 Å². The van der Waals surface area contributed by atoms with Crippen LogP contribution >= 0.6 is 24.4 Å². The largest absolute Gasteiger partial charge is 2.00 e. The summed E-state index contributed by atoms with van der Waals surface area (Å²) in [6, 6.07) is 0. The van der Waals surface area contributed by atoms with Gasteiger partial charge in [0.1, 0.15) is 0 Å². The smallest absolute Gasteiger partial charge is 0.415 e. The predicted octanol–water partition coefficient (Wildman–Crippen LogP) is -0.827. The Morgan fingerprint density at radius 2 is 1.00 bits per heavy atom. The third-order valence-corrected chi connectivity index (χ3v) is 0. The summed E-state index contributed by atoms with van der Waals surface area (Å²) in [7, 11) is 0. The van der Waals surface area contributed by atoms with Gasteiger partial charge >= 0.3 is 23.7 Å². The summed E-state index contributed by atoms with van der Waals surface area (Å²) in [6.07, 6.45) is 0. The fourth-order valence-corrected chi connectivity index (χ4v) is 0. The first-order chi connectivity index (χ1) is 3.46. The molecular formula is C2H4N2S4Te. The van der Waals surface area contributed by atoms with E-state index in [1.807, 2.05) is 0 Å². The summed E-state index contributed by atoms with van der Waals surface area (Å²) in [5.41, 5.74) is 9.31. The van der Waals surface area contributed by atoms with E-state index in [0.29, 0.717) is 0 Å². The van der Waals surface area contributed by atoms with E-state index in [1.165, 1.54) is 0 Å². The number of rotatable bonds is 0. The van der Waals surface area contributed by atoms with Crippen LogP contribution in [0, 0.1) is 0 Å². The van der Waals surface area contributed by atoms with E-state index in [-0.39, 0.29) is 32.3 Å². The quantitative estimate of drug-likeness (QED) is 0.346. The monoisotopic (exact) mass is 314 g/mol. The zero-order valence-electron chi connectivity index (χ0n) is 4.20. The van der Waals surface area contributed by atoms with E-state index < -0.39 is 0 Å². The zero-order valence-corrected chi connectivity index (χ0v) is 9.79. The third-order valence-electron chi connectivity index (χ3n) is 0. The molecule has 2 nitrogen and oxygen atoms in total. The maximum Gasteiger partial charge on any atom is 2.00 e. The molecule has 0 saturated heterocycles. The van der Waals surface area contributed by atoms with Gasteiger partial charge in [-0.1, -0.05) is 8.64 Å². The molecule has 0 aromatic heterocycles. The number of hydrogen-bond donors (Lipinski definition) is 2. The number of hydrogen-bond acceptors (Lipinski definition) is 4. The van der Waals surface area contributed by atoms with Crippen LogP contribution in [0.5, 0.6) is 0 Å². The molecule has 0 fully saturated rings. The molecular weight excluding hydrogens is 308 g/mol. The molecule has 0 aliphatic heterocycles. The Kier molecular flexibility index (Phi) is 21.6. The molecule has 52 valence electrons. The van der Waals surface area contributed by atoms with Gasteiger partial charge in [0, 0.05) is 0 Å². The van der Waals surface area contributed by atoms with Crippen LogP contribution in [-0.4, -0.2) is 32.3 Å². The minimum Gasteiger partial charge on any atom is -0.415 e. The molecule has 0 rings (SSSR count). The maximum atomic E-state index is 4.66. The number of thiocarbonyl (C=S) groups is 2. The average molecular weight is 312 g/mol. The molecule has 0 amide bonds. The van der Waals surface area contributed by atoms with Crippen LogP contribution in [0.4, 0.5) is 0 Å². The molecule has 0 bridgehead atoms. The van der Waals surface area contributed by atoms with Gasteiger partial charge in [-0.05, 0) is 0 Å². The number of nitrogens with two attached hydrogens (primary N) is 2. The third kappa shape index (κ3) is 434. The molecule has 0 spiro atoms. The first kappa shape index (κ1) is 16.5. The maximum absolute atomic E-state index is 4.66. The summed E-state index contributed by atoms with van der Waals surface area (Å²) >= 11 is 16.5. The molecule has 0 aliphatic rings. The zero-order chi connectivity index (χ0) is 7.15. The van der Waals surface area contributed by atoms with Gasteiger partial charge in [0.25, 0.3) is 0 Å². The first-order valence-electron chi connectivity index (χ1n) is 1.39. The van der Waals surface area contributed by atoms with E-state index >= 15 is 0 Å². The van der Waals surface area contributed by atoms with Crippen molar-refractivity contribution in [3.8, 4) is 0 Å². The average Bonchev–Trinajstić information content (AvgIpc) is 1.25. The van der Waals surface area contributed by atoms with Gasteiger partial charge in [-0.25, -0.2) is 0 Å². The second kappa shape index (κ2) is 11.8. The fourth-order valence-electron chi connectivity index (χ4n) is 0. The molecule has 0 aliphatic carbocycles. The SMILES string of the molecule is NC(=S)[S-].NC(=S)[S-].[Te+2]. The van der Waals surface area contributed by atoms with E-state index in [9.17, 15) is 0 Å². The van der Waals surface area contributed by atoms with Crippen LogP contribution in [0.3, 0.4) is 0 Å². The van der Waals surface area contributed by atoms with Gasteiger partial charge in [-0.2, -0.15) is 0 Å². The summed E-state index contributed by atoms with van der Waals surface area (Å²) in [5.74, 6) is 0. The Balaban J connectivity index is -0.0000000720. The minimum absolute atomic E-state index is 0. The van der Waals surface area contributed by atoms with Crippen molar-refractivity contribution in [1.29, 1.82) is 0 Å². The summed E-state index contributed by atoms with van der Waals surface area (Å²) in [6.45, 7) is 0. The Bertz CT molecular complexity index is 74.6. The van der Waals surface area contributed by atoms with Crippen LogP contribution in [0.2, 0.25) is 0 Å². The molecule has 0 saturated carbocycles. The van der Waals surface area contributed by atoms with Gasteiger partial charge < -0.3 is 61.2 Å². The van der Waals surface area contributed by atoms with E-state index in [1.54, 1.807) is 0 Å². The second-order valence-electron chi connectivity index (χ2n) is 0.638. The fraction of sp³-hybridized carbons (Fsp3) is 0. The Morgan fingerprint density at radius 1 is 1.00 bits per heavy atom. The molecule has 9 heavy (non-hydrogen) atoms. The van der Waals surface area contributed by atoms with Crippen molar-refractivity contribution >= 4 is 82.0 Å². The molecule has 0 aromatic rings. The molecule has 4 radical (unpaired) electrons. The van der Waals surface area contributed by atoms with E-state index in [0.717, 1.165) is 0 Å². The van der Waals surface area contributed by atoms with Gasteiger partial charge in [0.2, 0.25) is 0 Å². The Labute approximate surface area is 92.7 Å². The molecule has 0 atom stereocenters. The van der Waals surface area contributed by atoms with Gasteiger partial charge in [0.15, 0.2) is 0 Å². The van der Waals surface area contributed by atoms with Crippen LogP contribution in [-0.2, 0) is 25.3 Å². The first-order valence-corrected chi connectivity index (χ1v) is 3.03. The Hall–Kier alpha value is 1.01. The summed E-state index contributed by atoms with van der Waals surface area (Å²) in [4.78, 5) is 0. The van der Waals surface area contributed by atoms with E-state index in [2.05, 4.69) is 61.2 Å². The van der Waals surface area contributed by atoms with Crippen molar-refractivity contribution in [2.75, 3.05) is 0 Å². The second-order valence-corrected chi connectivity index (χ2v) is 2.91. The van der Waals surface area contributed by atoms with Gasteiger partial charge in [-0.3, -0.25) is 0 Å². The molecule has 4 N–H and O–H groups in total. The van der Waals surface area contributed by atoms with Crippen molar-refractivity contribution in [3.05, 3.63) is 0 Å². The van der Waals surface area contributed by atoms with Crippen molar-refractivity contribution in [2.24, 2.45) is 11.5 Å². The van der Waals surface area contributed by atoms with E-state index in [4.69, 9.17) is 0 Å². The molecule has 7 heteroatoms. The topological polar surface area (TPSA) is 52.0 Å². The van der Waals surface area contributed by atoms with Crippen molar-refractivity contribution in [2.45, 2.75) is 0 Å².